The number of piperazine rings is 1. The number of benzene rings is 3. The van der Waals surface area contributed by atoms with E-state index >= 15 is 0 Å². The number of hydrogen-bond donors (Lipinski definition) is 3. The number of carbonyl (C=O) groups excluding carboxylic acids is 2. The largest absolute Gasteiger partial charge is 0.367 e. The molecule has 0 unspecified atom stereocenters. The van der Waals surface area contributed by atoms with Gasteiger partial charge in [0.05, 0.1) is 5.69 Å². The van der Waals surface area contributed by atoms with Crippen molar-refractivity contribution in [1.82, 2.24) is 10.2 Å². The number of amides is 2. The van der Waals surface area contributed by atoms with Crippen LogP contribution in [0, 0.1) is 5.82 Å². The Morgan fingerprint density at radius 1 is 0.917 bits per heavy atom. The smallest absolute Gasteiger partial charge is 0.255 e. The maximum Gasteiger partial charge on any atom is 0.255 e. The summed E-state index contributed by atoms with van der Waals surface area (Å²) in [5.74, 6) is -0.799. The van der Waals surface area contributed by atoms with Crippen molar-refractivity contribution < 1.29 is 14.0 Å². The SMILES string of the molecule is NCCNC(=O)c1ccc(CN2CCN(c3ccccc3F)CC2)c(NC(=O)c2cccc(Cl)c2)c1. The van der Waals surface area contributed by atoms with Crippen LogP contribution in [0.15, 0.2) is 66.7 Å². The molecule has 0 radical (unpaired) electrons. The molecule has 0 aliphatic carbocycles. The quantitative estimate of drug-likeness (QED) is 0.430. The highest BCUT2D eigenvalue weighted by molar-refractivity contribution is 6.31. The molecule has 0 aromatic heterocycles. The normalized spacial score (nSPS) is 13.9. The van der Waals surface area contributed by atoms with E-state index < -0.39 is 0 Å². The van der Waals surface area contributed by atoms with Gasteiger partial charge in [0.25, 0.3) is 11.8 Å². The average molecular weight is 510 g/mol. The van der Waals surface area contributed by atoms with E-state index in [1.54, 1.807) is 48.5 Å². The van der Waals surface area contributed by atoms with Crippen LogP contribution >= 0.6 is 11.6 Å². The minimum Gasteiger partial charge on any atom is -0.367 e. The van der Waals surface area contributed by atoms with Gasteiger partial charge in [0.15, 0.2) is 0 Å². The molecule has 3 aromatic carbocycles. The van der Waals surface area contributed by atoms with Crippen molar-refractivity contribution in [3.05, 3.63) is 94.3 Å². The third-order valence-corrected chi connectivity index (χ3v) is 6.33. The number of carbonyl (C=O) groups is 2. The zero-order valence-electron chi connectivity index (χ0n) is 19.8. The Balaban J connectivity index is 1.50. The molecule has 0 saturated carbocycles. The highest BCUT2D eigenvalue weighted by atomic mass is 35.5. The number of nitrogens with two attached hydrogens (primary N) is 1. The van der Waals surface area contributed by atoms with E-state index in [2.05, 4.69) is 15.5 Å². The van der Waals surface area contributed by atoms with E-state index in [9.17, 15) is 14.0 Å². The molecule has 0 atom stereocenters. The van der Waals surface area contributed by atoms with Gasteiger partial charge in [-0.25, -0.2) is 4.39 Å². The molecule has 4 N–H and O–H groups in total. The summed E-state index contributed by atoms with van der Waals surface area (Å²) >= 11 is 6.06. The number of nitrogens with zero attached hydrogens (tertiary/aromatic N) is 2. The Bertz CT molecular complexity index is 1230. The predicted molar refractivity (Wildman–Crippen MR) is 141 cm³/mol. The molecule has 4 rings (SSSR count). The predicted octanol–water partition coefficient (Wildman–Crippen LogP) is 3.74. The van der Waals surface area contributed by atoms with E-state index in [1.807, 2.05) is 17.0 Å². The Kier molecular flexibility index (Phi) is 8.53. The van der Waals surface area contributed by atoms with Gasteiger partial charge in [0, 0.05) is 67.7 Å². The molecular formula is C27H29ClFN5O2. The second kappa shape index (κ2) is 12.0. The van der Waals surface area contributed by atoms with Crippen LogP contribution in [0.25, 0.3) is 0 Å². The molecule has 1 fully saturated rings. The zero-order valence-corrected chi connectivity index (χ0v) is 20.6. The highest BCUT2D eigenvalue weighted by Gasteiger charge is 2.21. The summed E-state index contributed by atoms with van der Waals surface area (Å²) in [6.45, 7) is 4.10. The van der Waals surface area contributed by atoms with Crippen LogP contribution in [-0.4, -0.2) is 56.0 Å². The molecule has 2 amide bonds. The molecular weight excluding hydrogens is 481 g/mol. The minimum absolute atomic E-state index is 0.222. The second-order valence-corrected chi connectivity index (χ2v) is 9.03. The summed E-state index contributed by atoms with van der Waals surface area (Å²) < 4.78 is 14.2. The summed E-state index contributed by atoms with van der Waals surface area (Å²) in [4.78, 5) is 29.8. The van der Waals surface area contributed by atoms with Gasteiger partial charge >= 0.3 is 0 Å². The van der Waals surface area contributed by atoms with Gasteiger partial charge in [-0.05, 0) is 48.0 Å². The van der Waals surface area contributed by atoms with Gasteiger partial charge in [-0.2, -0.15) is 0 Å². The van der Waals surface area contributed by atoms with Crippen molar-refractivity contribution in [3.63, 3.8) is 0 Å². The van der Waals surface area contributed by atoms with E-state index in [0.29, 0.717) is 60.2 Å². The van der Waals surface area contributed by atoms with Crippen molar-refractivity contribution in [1.29, 1.82) is 0 Å². The van der Waals surface area contributed by atoms with Crippen LogP contribution in [-0.2, 0) is 6.54 Å². The zero-order chi connectivity index (χ0) is 25.5. The third kappa shape index (κ3) is 6.40. The van der Waals surface area contributed by atoms with Crippen molar-refractivity contribution in [2.24, 2.45) is 5.73 Å². The van der Waals surface area contributed by atoms with E-state index in [4.69, 9.17) is 17.3 Å². The lowest BCUT2D eigenvalue weighted by atomic mass is 10.1. The van der Waals surface area contributed by atoms with Gasteiger partial charge in [0.1, 0.15) is 5.82 Å². The fourth-order valence-electron chi connectivity index (χ4n) is 4.18. The maximum atomic E-state index is 14.2. The maximum absolute atomic E-state index is 14.2. The fourth-order valence-corrected chi connectivity index (χ4v) is 4.37. The van der Waals surface area contributed by atoms with Crippen molar-refractivity contribution in [2.75, 3.05) is 49.5 Å². The summed E-state index contributed by atoms with van der Waals surface area (Å²) in [6, 6.07) is 18.8. The van der Waals surface area contributed by atoms with Crippen molar-refractivity contribution >= 4 is 34.8 Å². The number of para-hydroxylation sites is 1. The Morgan fingerprint density at radius 3 is 2.39 bits per heavy atom. The highest BCUT2D eigenvalue weighted by Crippen LogP contribution is 2.24. The van der Waals surface area contributed by atoms with Crippen LogP contribution in [0.3, 0.4) is 0 Å². The lowest BCUT2D eigenvalue weighted by Crippen LogP contribution is -2.46. The lowest BCUT2D eigenvalue weighted by molar-refractivity contribution is 0.0953. The van der Waals surface area contributed by atoms with Crippen LogP contribution in [0.1, 0.15) is 26.3 Å². The van der Waals surface area contributed by atoms with Gasteiger partial charge < -0.3 is 21.3 Å². The standard InChI is InChI=1S/C27H29ClFN5O2/c28-22-5-3-4-19(16-22)27(36)32-24-17-20(26(35)31-11-10-30)8-9-21(24)18-33-12-14-34(15-13-33)25-7-2-1-6-23(25)29/h1-9,16-17H,10-15,18,30H2,(H,31,35)(H,32,36). The molecule has 188 valence electrons. The summed E-state index contributed by atoms with van der Waals surface area (Å²) in [5, 5.41) is 6.17. The summed E-state index contributed by atoms with van der Waals surface area (Å²) in [7, 11) is 0. The molecule has 1 aliphatic rings. The first-order chi connectivity index (χ1) is 17.4. The number of hydrogen-bond acceptors (Lipinski definition) is 5. The summed E-state index contributed by atoms with van der Waals surface area (Å²) in [5.41, 5.74) is 8.39. The molecule has 3 aromatic rings. The second-order valence-electron chi connectivity index (χ2n) is 8.60. The van der Waals surface area contributed by atoms with Gasteiger partial charge in [0.2, 0.25) is 0 Å². The Labute approximate surface area is 215 Å². The van der Waals surface area contributed by atoms with Gasteiger partial charge in [-0.15, -0.1) is 0 Å². The first-order valence-electron chi connectivity index (χ1n) is 11.8. The Morgan fingerprint density at radius 2 is 1.67 bits per heavy atom. The topological polar surface area (TPSA) is 90.7 Å². The number of anilines is 2. The van der Waals surface area contributed by atoms with Gasteiger partial charge in [-0.3, -0.25) is 14.5 Å². The first-order valence-corrected chi connectivity index (χ1v) is 12.2. The van der Waals surface area contributed by atoms with Gasteiger partial charge in [-0.1, -0.05) is 35.9 Å². The molecule has 9 heteroatoms. The minimum atomic E-state index is -0.317. The average Bonchev–Trinajstić information content (AvgIpc) is 2.89. The van der Waals surface area contributed by atoms with E-state index in [0.717, 1.165) is 18.7 Å². The number of halogens is 2. The van der Waals surface area contributed by atoms with Crippen LogP contribution in [0.4, 0.5) is 15.8 Å². The molecule has 0 spiro atoms. The molecule has 36 heavy (non-hydrogen) atoms. The van der Waals surface area contributed by atoms with Crippen molar-refractivity contribution in [2.45, 2.75) is 6.54 Å². The first kappa shape index (κ1) is 25.6. The fraction of sp³-hybridized carbons (Fsp3) is 0.259. The Hall–Kier alpha value is -3.46. The number of nitrogens with one attached hydrogen (secondary N) is 2. The van der Waals surface area contributed by atoms with E-state index in [1.165, 1.54) is 6.07 Å². The molecule has 1 aliphatic heterocycles. The van der Waals surface area contributed by atoms with E-state index in [-0.39, 0.29) is 17.6 Å². The molecule has 7 nitrogen and oxygen atoms in total. The number of rotatable bonds is 8. The lowest BCUT2D eigenvalue weighted by Gasteiger charge is -2.36. The molecule has 1 saturated heterocycles. The molecule has 1 heterocycles. The third-order valence-electron chi connectivity index (χ3n) is 6.10. The van der Waals surface area contributed by atoms with Crippen LogP contribution in [0.5, 0.6) is 0 Å². The summed E-state index contributed by atoms with van der Waals surface area (Å²) in [6.07, 6.45) is 0. The van der Waals surface area contributed by atoms with Crippen molar-refractivity contribution in [3.8, 4) is 0 Å². The monoisotopic (exact) mass is 509 g/mol. The molecule has 0 bridgehead atoms. The van der Waals surface area contributed by atoms with Crippen LogP contribution in [0.2, 0.25) is 5.02 Å². The van der Waals surface area contributed by atoms with Crippen LogP contribution < -0.4 is 21.3 Å².